The molecule has 2 aromatic rings. The van der Waals surface area contributed by atoms with Gasteiger partial charge in [-0.1, -0.05) is 37.3 Å². The fraction of sp³-hybridized carbons (Fsp3) is 0.333. The SMILES string of the molecule is CCNC1c2ccccc2CCC1Oc1cccc(F)c1. The highest BCUT2D eigenvalue weighted by atomic mass is 19.1. The molecule has 0 spiro atoms. The van der Waals surface area contributed by atoms with Gasteiger partial charge >= 0.3 is 0 Å². The Morgan fingerprint density at radius 1 is 1.19 bits per heavy atom. The number of nitrogens with one attached hydrogen (secondary N) is 1. The molecule has 2 aromatic carbocycles. The third-order valence-corrected chi connectivity index (χ3v) is 3.97. The number of halogens is 1. The first-order chi connectivity index (χ1) is 10.3. The average Bonchev–Trinajstić information content (AvgIpc) is 2.50. The zero-order chi connectivity index (χ0) is 14.7. The van der Waals surface area contributed by atoms with Gasteiger partial charge in [-0.05, 0) is 42.6 Å². The van der Waals surface area contributed by atoms with Gasteiger partial charge in [0.05, 0.1) is 6.04 Å². The molecule has 0 saturated carbocycles. The molecule has 0 fully saturated rings. The quantitative estimate of drug-likeness (QED) is 0.920. The lowest BCUT2D eigenvalue weighted by Crippen LogP contribution is -2.39. The van der Waals surface area contributed by atoms with E-state index in [0.717, 1.165) is 19.4 Å². The Hall–Kier alpha value is -1.87. The first-order valence-corrected chi connectivity index (χ1v) is 7.51. The summed E-state index contributed by atoms with van der Waals surface area (Å²) in [6.07, 6.45) is 1.96. The first-order valence-electron chi connectivity index (χ1n) is 7.51. The largest absolute Gasteiger partial charge is 0.488 e. The van der Waals surface area contributed by atoms with E-state index in [1.54, 1.807) is 6.07 Å². The normalized spacial score (nSPS) is 20.9. The van der Waals surface area contributed by atoms with Crippen molar-refractivity contribution in [2.75, 3.05) is 6.54 Å². The molecular weight excluding hydrogens is 265 g/mol. The van der Waals surface area contributed by atoms with Crippen LogP contribution in [0.2, 0.25) is 0 Å². The predicted octanol–water partition coefficient (Wildman–Crippen LogP) is 3.87. The maximum absolute atomic E-state index is 13.3. The van der Waals surface area contributed by atoms with E-state index < -0.39 is 0 Å². The van der Waals surface area contributed by atoms with E-state index in [4.69, 9.17) is 4.74 Å². The van der Waals surface area contributed by atoms with Gasteiger partial charge in [0.15, 0.2) is 0 Å². The zero-order valence-corrected chi connectivity index (χ0v) is 12.2. The molecule has 0 aliphatic heterocycles. The van der Waals surface area contributed by atoms with E-state index in [0.29, 0.717) is 5.75 Å². The third kappa shape index (κ3) is 3.08. The second-order valence-corrected chi connectivity index (χ2v) is 5.39. The number of likely N-dealkylation sites (N-methyl/N-ethyl adjacent to an activating group) is 1. The standard InChI is InChI=1S/C18H20FNO/c1-2-20-18-16-9-4-3-6-13(16)10-11-17(18)21-15-8-5-7-14(19)12-15/h3-9,12,17-18,20H,2,10-11H2,1H3. The molecule has 2 atom stereocenters. The van der Waals surface area contributed by atoms with Crippen molar-refractivity contribution in [1.82, 2.24) is 5.32 Å². The highest BCUT2D eigenvalue weighted by Gasteiger charge is 2.30. The van der Waals surface area contributed by atoms with Crippen LogP contribution < -0.4 is 10.1 Å². The van der Waals surface area contributed by atoms with Crippen LogP contribution in [0.1, 0.15) is 30.5 Å². The molecule has 0 radical (unpaired) electrons. The monoisotopic (exact) mass is 285 g/mol. The van der Waals surface area contributed by atoms with Gasteiger partial charge in [-0.15, -0.1) is 0 Å². The highest BCUT2D eigenvalue weighted by Crippen LogP contribution is 2.32. The Labute approximate surface area is 125 Å². The molecule has 1 aliphatic rings. The molecule has 0 amide bonds. The van der Waals surface area contributed by atoms with Crippen molar-refractivity contribution in [2.24, 2.45) is 0 Å². The Kier molecular flexibility index (Phi) is 4.20. The van der Waals surface area contributed by atoms with Crippen molar-refractivity contribution in [3.63, 3.8) is 0 Å². The smallest absolute Gasteiger partial charge is 0.126 e. The number of aryl methyl sites for hydroxylation is 1. The average molecular weight is 285 g/mol. The molecule has 2 unspecified atom stereocenters. The molecule has 1 aliphatic carbocycles. The molecule has 110 valence electrons. The fourth-order valence-corrected chi connectivity index (χ4v) is 3.03. The number of benzene rings is 2. The first kappa shape index (κ1) is 14.1. The van der Waals surface area contributed by atoms with Crippen LogP contribution in [0.3, 0.4) is 0 Å². The van der Waals surface area contributed by atoms with Crippen LogP contribution in [0.15, 0.2) is 48.5 Å². The molecule has 0 saturated heterocycles. The molecule has 21 heavy (non-hydrogen) atoms. The van der Waals surface area contributed by atoms with Crippen LogP contribution in [-0.2, 0) is 6.42 Å². The molecule has 0 aromatic heterocycles. The number of fused-ring (bicyclic) bond motifs is 1. The van der Waals surface area contributed by atoms with Gasteiger partial charge in [-0.2, -0.15) is 0 Å². The summed E-state index contributed by atoms with van der Waals surface area (Å²) in [5.41, 5.74) is 2.68. The summed E-state index contributed by atoms with van der Waals surface area (Å²) in [7, 11) is 0. The van der Waals surface area contributed by atoms with Crippen molar-refractivity contribution in [1.29, 1.82) is 0 Å². The summed E-state index contributed by atoms with van der Waals surface area (Å²) in [4.78, 5) is 0. The van der Waals surface area contributed by atoms with E-state index in [1.165, 1.54) is 23.3 Å². The summed E-state index contributed by atoms with van der Waals surface area (Å²) in [5.74, 6) is 0.339. The lowest BCUT2D eigenvalue weighted by Gasteiger charge is -2.34. The minimum absolute atomic E-state index is 0.0293. The van der Waals surface area contributed by atoms with Gasteiger partial charge in [0.2, 0.25) is 0 Å². The van der Waals surface area contributed by atoms with Gasteiger partial charge in [0.1, 0.15) is 17.7 Å². The molecule has 0 bridgehead atoms. The maximum atomic E-state index is 13.3. The van der Waals surface area contributed by atoms with Crippen LogP contribution in [0.25, 0.3) is 0 Å². The maximum Gasteiger partial charge on any atom is 0.126 e. The van der Waals surface area contributed by atoms with Gasteiger partial charge in [0.25, 0.3) is 0 Å². The lowest BCUT2D eigenvalue weighted by atomic mass is 9.85. The van der Waals surface area contributed by atoms with E-state index in [1.807, 2.05) is 6.07 Å². The molecule has 3 rings (SSSR count). The van der Waals surface area contributed by atoms with Crippen LogP contribution in [0, 0.1) is 5.82 Å². The minimum atomic E-state index is -0.260. The molecule has 3 heteroatoms. The van der Waals surface area contributed by atoms with Gasteiger partial charge in [0, 0.05) is 6.07 Å². The van der Waals surface area contributed by atoms with E-state index in [9.17, 15) is 4.39 Å². The Morgan fingerprint density at radius 3 is 2.86 bits per heavy atom. The minimum Gasteiger partial charge on any atom is -0.488 e. The Morgan fingerprint density at radius 2 is 2.05 bits per heavy atom. The van der Waals surface area contributed by atoms with Gasteiger partial charge < -0.3 is 10.1 Å². The van der Waals surface area contributed by atoms with Crippen molar-refractivity contribution in [3.05, 3.63) is 65.5 Å². The number of hydrogen-bond donors (Lipinski definition) is 1. The summed E-state index contributed by atoms with van der Waals surface area (Å²) >= 11 is 0. The van der Waals surface area contributed by atoms with Crippen LogP contribution in [0.4, 0.5) is 4.39 Å². The zero-order valence-electron chi connectivity index (χ0n) is 12.2. The van der Waals surface area contributed by atoms with Gasteiger partial charge in [-0.25, -0.2) is 4.39 Å². The van der Waals surface area contributed by atoms with Crippen LogP contribution in [0.5, 0.6) is 5.75 Å². The summed E-state index contributed by atoms with van der Waals surface area (Å²) in [5, 5.41) is 3.51. The number of rotatable bonds is 4. The third-order valence-electron chi connectivity index (χ3n) is 3.97. The summed E-state index contributed by atoms with van der Waals surface area (Å²) < 4.78 is 19.4. The number of hydrogen-bond acceptors (Lipinski definition) is 2. The van der Waals surface area contributed by atoms with Crippen molar-refractivity contribution in [2.45, 2.75) is 31.9 Å². The summed E-state index contributed by atoms with van der Waals surface area (Å²) in [6, 6.07) is 15.0. The number of ether oxygens (including phenoxy) is 1. The van der Waals surface area contributed by atoms with Gasteiger partial charge in [-0.3, -0.25) is 0 Å². The molecule has 0 heterocycles. The van der Waals surface area contributed by atoms with Crippen LogP contribution >= 0.6 is 0 Å². The van der Waals surface area contributed by atoms with E-state index in [2.05, 4.69) is 36.5 Å². The van der Waals surface area contributed by atoms with Crippen LogP contribution in [-0.4, -0.2) is 12.6 Å². The second kappa shape index (κ2) is 6.27. The molecular formula is C18H20FNO. The lowest BCUT2D eigenvalue weighted by molar-refractivity contribution is 0.135. The Balaban J connectivity index is 1.85. The predicted molar refractivity (Wildman–Crippen MR) is 82.0 cm³/mol. The topological polar surface area (TPSA) is 21.3 Å². The van der Waals surface area contributed by atoms with Crippen molar-refractivity contribution in [3.8, 4) is 5.75 Å². The van der Waals surface area contributed by atoms with E-state index in [-0.39, 0.29) is 18.0 Å². The molecule has 1 N–H and O–H groups in total. The molecule has 2 nitrogen and oxygen atoms in total. The highest BCUT2D eigenvalue weighted by molar-refractivity contribution is 5.34. The second-order valence-electron chi connectivity index (χ2n) is 5.39. The van der Waals surface area contributed by atoms with Crippen molar-refractivity contribution < 1.29 is 9.13 Å². The van der Waals surface area contributed by atoms with Crippen molar-refractivity contribution >= 4 is 0 Å². The summed E-state index contributed by atoms with van der Waals surface area (Å²) in [6.45, 7) is 2.97. The fourth-order valence-electron chi connectivity index (χ4n) is 3.03. The Bertz CT molecular complexity index is 614. The van der Waals surface area contributed by atoms with E-state index >= 15 is 0 Å².